The highest BCUT2D eigenvalue weighted by Gasteiger charge is 2.19. The second kappa shape index (κ2) is 4.83. The fourth-order valence-electron chi connectivity index (χ4n) is 2.81. The lowest BCUT2D eigenvalue weighted by atomic mass is 10.2. The molecular weight excluding hydrogens is 268 g/mol. The zero-order valence-corrected chi connectivity index (χ0v) is 11.8. The van der Waals surface area contributed by atoms with Crippen molar-refractivity contribution in [3.05, 3.63) is 24.8 Å². The van der Waals surface area contributed by atoms with E-state index in [4.69, 9.17) is 4.42 Å². The summed E-state index contributed by atoms with van der Waals surface area (Å²) in [6, 6.07) is 0.513. The van der Waals surface area contributed by atoms with E-state index in [1.807, 2.05) is 24.1 Å². The quantitative estimate of drug-likeness (QED) is 0.738. The molecule has 3 aromatic rings. The smallest absolute Gasteiger partial charge is 0.251 e. The molecule has 1 fully saturated rings. The van der Waals surface area contributed by atoms with Gasteiger partial charge in [-0.2, -0.15) is 10.2 Å². The van der Waals surface area contributed by atoms with Crippen molar-refractivity contribution in [2.75, 3.05) is 0 Å². The largest absolute Gasteiger partial charge is 0.416 e. The molecule has 0 spiro atoms. The molecule has 0 unspecified atom stereocenters. The maximum atomic E-state index is 5.72. The molecule has 4 rings (SSSR count). The molecule has 0 aliphatic heterocycles. The molecule has 0 aromatic carbocycles. The Balaban J connectivity index is 1.60. The van der Waals surface area contributed by atoms with Crippen LogP contribution in [-0.4, -0.2) is 29.8 Å². The summed E-state index contributed by atoms with van der Waals surface area (Å²) < 4.78 is 9.45. The second-order valence-electron chi connectivity index (χ2n) is 5.46. The Morgan fingerprint density at radius 2 is 1.67 bits per heavy atom. The zero-order chi connectivity index (χ0) is 14.2. The second-order valence-corrected chi connectivity index (χ2v) is 5.46. The Labute approximate surface area is 121 Å². The third-order valence-corrected chi connectivity index (χ3v) is 3.92. The molecule has 108 valence electrons. The molecule has 0 radical (unpaired) electrons. The van der Waals surface area contributed by atoms with Crippen LogP contribution in [0.25, 0.3) is 22.9 Å². The average molecular weight is 284 g/mol. The number of aromatic nitrogens is 6. The summed E-state index contributed by atoms with van der Waals surface area (Å²) in [6.45, 7) is 0. The minimum absolute atomic E-state index is 0.478. The fraction of sp³-hybridized carbons (Fsp3) is 0.429. The van der Waals surface area contributed by atoms with Crippen LogP contribution in [0.4, 0.5) is 0 Å². The van der Waals surface area contributed by atoms with Gasteiger partial charge in [-0.1, -0.05) is 12.8 Å². The Kier molecular flexibility index (Phi) is 2.83. The molecular formula is C14H16N6O. The van der Waals surface area contributed by atoms with Crippen molar-refractivity contribution in [3.63, 3.8) is 0 Å². The SMILES string of the molecule is Cn1cc(-c2nnc(-c3cnn(C4CCCC4)c3)o2)cn1. The van der Waals surface area contributed by atoms with Crippen LogP contribution in [0.3, 0.4) is 0 Å². The zero-order valence-electron chi connectivity index (χ0n) is 11.8. The Hall–Kier alpha value is -2.44. The topological polar surface area (TPSA) is 74.6 Å². The van der Waals surface area contributed by atoms with E-state index in [2.05, 4.69) is 20.4 Å². The van der Waals surface area contributed by atoms with Gasteiger partial charge in [-0.25, -0.2) is 0 Å². The normalized spacial score (nSPS) is 15.9. The van der Waals surface area contributed by atoms with Crippen molar-refractivity contribution in [2.24, 2.45) is 7.05 Å². The first-order valence-corrected chi connectivity index (χ1v) is 7.16. The van der Waals surface area contributed by atoms with E-state index in [1.54, 1.807) is 17.1 Å². The average Bonchev–Trinajstić information content (AvgIpc) is 3.25. The summed E-state index contributed by atoms with van der Waals surface area (Å²) in [5, 5.41) is 16.7. The summed E-state index contributed by atoms with van der Waals surface area (Å²) in [5.41, 5.74) is 1.68. The highest BCUT2D eigenvalue weighted by atomic mass is 16.4. The summed E-state index contributed by atoms with van der Waals surface area (Å²) in [5.74, 6) is 0.977. The van der Waals surface area contributed by atoms with Gasteiger partial charge in [-0.3, -0.25) is 9.36 Å². The van der Waals surface area contributed by atoms with Crippen molar-refractivity contribution in [2.45, 2.75) is 31.7 Å². The first kappa shape index (κ1) is 12.3. The van der Waals surface area contributed by atoms with Crippen LogP contribution in [0, 0.1) is 0 Å². The molecule has 0 N–H and O–H groups in total. The molecule has 1 aliphatic rings. The minimum atomic E-state index is 0.478. The molecule has 7 heteroatoms. The minimum Gasteiger partial charge on any atom is -0.416 e. The summed E-state index contributed by atoms with van der Waals surface area (Å²) in [7, 11) is 1.85. The van der Waals surface area contributed by atoms with Gasteiger partial charge in [0.15, 0.2) is 0 Å². The van der Waals surface area contributed by atoms with Gasteiger partial charge >= 0.3 is 0 Å². The van der Waals surface area contributed by atoms with Gasteiger partial charge in [-0.05, 0) is 12.8 Å². The van der Waals surface area contributed by atoms with E-state index in [1.165, 1.54) is 25.7 Å². The van der Waals surface area contributed by atoms with Crippen molar-refractivity contribution >= 4 is 0 Å². The van der Waals surface area contributed by atoms with Crippen LogP contribution < -0.4 is 0 Å². The van der Waals surface area contributed by atoms with E-state index in [0.717, 1.165) is 11.1 Å². The third kappa shape index (κ3) is 2.24. The molecule has 21 heavy (non-hydrogen) atoms. The predicted molar refractivity (Wildman–Crippen MR) is 75.2 cm³/mol. The highest BCUT2D eigenvalue weighted by Crippen LogP contribution is 2.30. The van der Waals surface area contributed by atoms with Crippen LogP contribution in [0.15, 0.2) is 29.2 Å². The lowest BCUT2D eigenvalue weighted by molar-refractivity contribution is 0.467. The third-order valence-electron chi connectivity index (χ3n) is 3.92. The maximum Gasteiger partial charge on any atom is 0.251 e. The Morgan fingerprint density at radius 3 is 2.33 bits per heavy atom. The summed E-state index contributed by atoms with van der Waals surface area (Å²) in [6.07, 6.45) is 12.3. The van der Waals surface area contributed by atoms with Crippen LogP contribution >= 0.6 is 0 Å². The Bertz CT molecular complexity index is 749. The molecule has 1 saturated carbocycles. The van der Waals surface area contributed by atoms with Crippen LogP contribution in [-0.2, 0) is 7.05 Å². The van der Waals surface area contributed by atoms with E-state index in [9.17, 15) is 0 Å². The van der Waals surface area contributed by atoms with Gasteiger partial charge in [0.05, 0.1) is 29.6 Å². The van der Waals surface area contributed by atoms with Gasteiger partial charge in [0, 0.05) is 19.4 Å². The monoisotopic (exact) mass is 284 g/mol. The van der Waals surface area contributed by atoms with Gasteiger partial charge in [0.2, 0.25) is 0 Å². The van der Waals surface area contributed by atoms with E-state index >= 15 is 0 Å². The van der Waals surface area contributed by atoms with Gasteiger partial charge in [0.25, 0.3) is 11.8 Å². The van der Waals surface area contributed by atoms with E-state index < -0.39 is 0 Å². The number of hydrogen-bond donors (Lipinski definition) is 0. The van der Waals surface area contributed by atoms with Crippen molar-refractivity contribution in [3.8, 4) is 22.9 Å². The van der Waals surface area contributed by atoms with Crippen LogP contribution in [0.2, 0.25) is 0 Å². The standard InChI is InChI=1S/C14H16N6O/c1-19-8-10(6-15-19)13-17-18-14(21-13)11-7-16-20(9-11)12-4-2-3-5-12/h6-9,12H,2-5H2,1H3. The first-order chi connectivity index (χ1) is 10.3. The molecule has 0 bridgehead atoms. The van der Waals surface area contributed by atoms with Crippen LogP contribution in [0.5, 0.6) is 0 Å². The predicted octanol–water partition coefficient (Wildman–Crippen LogP) is 2.45. The highest BCUT2D eigenvalue weighted by molar-refractivity contribution is 5.55. The van der Waals surface area contributed by atoms with Gasteiger partial charge in [0.1, 0.15) is 0 Å². The van der Waals surface area contributed by atoms with Crippen molar-refractivity contribution in [1.29, 1.82) is 0 Å². The molecule has 3 aromatic heterocycles. The van der Waals surface area contributed by atoms with Crippen LogP contribution in [0.1, 0.15) is 31.7 Å². The molecule has 3 heterocycles. The maximum absolute atomic E-state index is 5.72. The molecule has 0 amide bonds. The molecule has 0 saturated heterocycles. The Morgan fingerprint density at radius 1 is 1.00 bits per heavy atom. The summed E-state index contributed by atoms with van der Waals surface area (Å²) in [4.78, 5) is 0. The molecule has 7 nitrogen and oxygen atoms in total. The molecule has 0 atom stereocenters. The lowest BCUT2D eigenvalue weighted by Crippen LogP contribution is -2.04. The van der Waals surface area contributed by atoms with Crippen molar-refractivity contribution < 1.29 is 4.42 Å². The summed E-state index contributed by atoms with van der Waals surface area (Å²) >= 11 is 0. The molecule has 1 aliphatic carbocycles. The number of hydrogen-bond acceptors (Lipinski definition) is 5. The number of rotatable bonds is 3. The van der Waals surface area contributed by atoms with Crippen molar-refractivity contribution in [1.82, 2.24) is 29.8 Å². The number of aryl methyl sites for hydroxylation is 1. The van der Waals surface area contributed by atoms with Gasteiger partial charge in [-0.15, -0.1) is 10.2 Å². The van der Waals surface area contributed by atoms with E-state index in [-0.39, 0.29) is 0 Å². The fourth-order valence-corrected chi connectivity index (χ4v) is 2.81. The first-order valence-electron chi connectivity index (χ1n) is 7.16. The lowest BCUT2D eigenvalue weighted by Gasteiger charge is -2.07. The van der Waals surface area contributed by atoms with Gasteiger partial charge < -0.3 is 4.42 Å². The number of nitrogens with zero attached hydrogens (tertiary/aromatic N) is 6. The van der Waals surface area contributed by atoms with E-state index in [0.29, 0.717) is 17.8 Å².